The van der Waals surface area contributed by atoms with E-state index >= 15 is 0 Å². The highest BCUT2D eigenvalue weighted by Crippen LogP contribution is 2.51. The number of rotatable bonds is 1. The van der Waals surface area contributed by atoms with Crippen molar-refractivity contribution in [2.45, 2.75) is 76.2 Å². The van der Waals surface area contributed by atoms with E-state index in [0.29, 0.717) is 5.92 Å². The molecule has 0 spiro atoms. The van der Waals surface area contributed by atoms with Crippen LogP contribution in [-0.4, -0.2) is 46.4 Å². The van der Waals surface area contributed by atoms with E-state index in [4.69, 9.17) is 4.74 Å². The molecule has 18 heavy (non-hydrogen) atoms. The van der Waals surface area contributed by atoms with Gasteiger partial charge in [-0.2, -0.15) is 0 Å². The topological polar surface area (TPSA) is 32.7 Å². The van der Waals surface area contributed by atoms with Crippen molar-refractivity contribution in [1.29, 1.82) is 0 Å². The van der Waals surface area contributed by atoms with E-state index in [9.17, 15) is 5.11 Å². The normalized spacial score (nSPS) is 48.3. The molecule has 0 radical (unpaired) electrons. The van der Waals surface area contributed by atoms with Gasteiger partial charge in [0, 0.05) is 5.92 Å². The Bertz CT molecular complexity index is 324. The van der Waals surface area contributed by atoms with Crippen LogP contribution in [-0.2, 0) is 4.74 Å². The molecule has 3 heterocycles. The number of nitrogens with zero attached hydrogens (tertiary/aromatic N) is 1. The smallest absolute Gasteiger partial charge is 0.0841 e. The molecule has 3 saturated heterocycles. The van der Waals surface area contributed by atoms with Gasteiger partial charge >= 0.3 is 0 Å². The van der Waals surface area contributed by atoms with E-state index in [2.05, 4.69) is 25.7 Å². The Hall–Kier alpha value is -0.120. The van der Waals surface area contributed by atoms with Crippen molar-refractivity contribution < 1.29 is 9.84 Å². The fourth-order valence-corrected chi connectivity index (χ4v) is 4.69. The molecule has 2 bridgehead atoms. The molecule has 0 aromatic heterocycles. The van der Waals surface area contributed by atoms with E-state index in [1.54, 1.807) is 0 Å². The zero-order valence-electron chi connectivity index (χ0n) is 12.0. The van der Waals surface area contributed by atoms with Gasteiger partial charge in [0.15, 0.2) is 0 Å². The SMILES string of the molecule is CC1(C)O[C@@]2(C)CC[C@H]1[C@@H](O)[C@H]2N1CCCCC1. The van der Waals surface area contributed by atoms with E-state index < -0.39 is 0 Å². The summed E-state index contributed by atoms with van der Waals surface area (Å²) in [7, 11) is 0. The van der Waals surface area contributed by atoms with Crippen molar-refractivity contribution in [3.8, 4) is 0 Å². The molecule has 4 fully saturated rings. The predicted octanol–water partition coefficient (Wildman–Crippen LogP) is 2.18. The number of likely N-dealkylation sites (tertiary alicyclic amines) is 1. The van der Waals surface area contributed by atoms with Crippen molar-refractivity contribution >= 4 is 0 Å². The number of hydrogen-bond donors (Lipinski definition) is 1. The molecule has 1 saturated carbocycles. The monoisotopic (exact) mass is 253 g/mol. The van der Waals surface area contributed by atoms with Crippen LogP contribution in [0.5, 0.6) is 0 Å². The summed E-state index contributed by atoms with van der Waals surface area (Å²) >= 11 is 0. The second kappa shape index (κ2) is 4.19. The highest BCUT2D eigenvalue weighted by Gasteiger charge is 2.60. The van der Waals surface area contributed by atoms with Gasteiger partial charge in [0.1, 0.15) is 0 Å². The summed E-state index contributed by atoms with van der Waals surface area (Å²) in [5.74, 6) is 0.297. The lowest BCUT2D eigenvalue weighted by Crippen LogP contribution is -2.72. The van der Waals surface area contributed by atoms with Crippen LogP contribution in [0.2, 0.25) is 0 Å². The summed E-state index contributed by atoms with van der Waals surface area (Å²) in [6, 6.07) is 0.213. The number of aliphatic hydroxyl groups is 1. The Balaban J connectivity index is 1.87. The quantitative estimate of drug-likeness (QED) is 0.777. The highest BCUT2D eigenvalue weighted by atomic mass is 16.5. The molecule has 3 heteroatoms. The molecule has 1 N–H and O–H groups in total. The first-order valence-corrected chi connectivity index (χ1v) is 7.56. The van der Waals surface area contributed by atoms with Crippen LogP contribution < -0.4 is 0 Å². The van der Waals surface area contributed by atoms with Crippen molar-refractivity contribution in [3.05, 3.63) is 0 Å². The molecule has 4 aliphatic rings. The molecule has 0 aromatic rings. The fraction of sp³-hybridized carbons (Fsp3) is 1.00. The van der Waals surface area contributed by atoms with Gasteiger partial charge in [0.2, 0.25) is 0 Å². The first-order valence-electron chi connectivity index (χ1n) is 7.56. The van der Waals surface area contributed by atoms with Crippen molar-refractivity contribution in [2.24, 2.45) is 5.92 Å². The zero-order valence-corrected chi connectivity index (χ0v) is 12.0. The molecule has 4 rings (SSSR count). The van der Waals surface area contributed by atoms with Crippen molar-refractivity contribution in [2.75, 3.05) is 13.1 Å². The minimum atomic E-state index is -0.217. The van der Waals surface area contributed by atoms with Gasteiger partial charge in [-0.3, -0.25) is 4.90 Å². The molecular formula is C15H27NO2. The highest BCUT2D eigenvalue weighted by molar-refractivity contribution is 5.11. The average Bonchev–Trinajstić information content (AvgIpc) is 2.27. The van der Waals surface area contributed by atoms with Gasteiger partial charge < -0.3 is 9.84 Å². The summed E-state index contributed by atoms with van der Waals surface area (Å²) in [4.78, 5) is 2.50. The summed E-state index contributed by atoms with van der Waals surface area (Å²) in [5, 5.41) is 10.8. The third-order valence-corrected chi connectivity index (χ3v) is 5.49. The maximum atomic E-state index is 10.8. The summed E-state index contributed by atoms with van der Waals surface area (Å²) in [6.07, 6.45) is 5.87. The van der Waals surface area contributed by atoms with Gasteiger partial charge in [-0.15, -0.1) is 0 Å². The van der Waals surface area contributed by atoms with Crippen molar-refractivity contribution in [3.63, 3.8) is 0 Å². The lowest BCUT2D eigenvalue weighted by molar-refractivity contribution is -0.296. The maximum Gasteiger partial charge on any atom is 0.0841 e. The average molecular weight is 253 g/mol. The van der Waals surface area contributed by atoms with Crippen molar-refractivity contribution in [1.82, 2.24) is 4.90 Å². The van der Waals surface area contributed by atoms with Gasteiger partial charge in [-0.25, -0.2) is 0 Å². The molecule has 4 atom stereocenters. The Morgan fingerprint density at radius 2 is 1.78 bits per heavy atom. The van der Waals surface area contributed by atoms with Crippen LogP contribution in [0.4, 0.5) is 0 Å². The molecule has 0 aromatic carbocycles. The van der Waals surface area contributed by atoms with E-state index in [1.165, 1.54) is 19.3 Å². The predicted molar refractivity (Wildman–Crippen MR) is 71.5 cm³/mol. The fourth-order valence-electron chi connectivity index (χ4n) is 4.69. The third-order valence-electron chi connectivity index (χ3n) is 5.49. The largest absolute Gasteiger partial charge is 0.391 e. The molecular weight excluding hydrogens is 226 g/mol. The van der Waals surface area contributed by atoms with Gasteiger partial charge in [-0.05, 0) is 59.5 Å². The molecule has 3 aliphatic heterocycles. The number of fused-ring (bicyclic) bond motifs is 3. The zero-order chi connectivity index (χ0) is 13.0. The summed E-state index contributed by atoms with van der Waals surface area (Å²) in [6.45, 7) is 8.77. The molecule has 104 valence electrons. The summed E-state index contributed by atoms with van der Waals surface area (Å²) in [5.41, 5.74) is -0.326. The lowest BCUT2D eigenvalue weighted by Gasteiger charge is -2.62. The Kier molecular flexibility index (Phi) is 3.00. The number of piperidine rings is 1. The number of ether oxygens (including phenoxy) is 1. The molecule has 0 unspecified atom stereocenters. The lowest BCUT2D eigenvalue weighted by atomic mass is 9.63. The standard InChI is InChI=1S/C15H27NO2/c1-14(2)11-7-8-15(3,18-14)13(12(11)17)16-9-5-4-6-10-16/h11-13,17H,4-10H2,1-3H3/t11-,12+,13+,15-/m0/s1. The van der Waals surface area contributed by atoms with Gasteiger partial charge in [-0.1, -0.05) is 6.42 Å². The van der Waals surface area contributed by atoms with E-state index in [0.717, 1.165) is 25.9 Å². The van der Waals surface area contributed by atoms with Gasteiger partial charge in [0.05, 0.1) is 23.3 Å². The Labute approximate surface area is 110 Å². The van der Waals surface area contributed by atoms with Crippen LogP contribution in [0.15, 0.2) is 0 Å². The number of aliphatic hydroxyl groups excluding tert-OH is 1. The van der Waals surface area contributed by atoms with Gasteiger partial charge in [0.25, 0.3) is 0 Å². The molecule has 3 nitrogen and oxygen atoms in total. The minimum absolute atomic E-state index is 0.158. The van der Waals surface area contributed by atoms with Crippen LogP contribution in [0, 0.1) is 5.92 Å². The van der Waals surface area contributed by atoms with Crippen LogP contribution in [0.1, 0.15) is 52.9 Å². The summed E-state index contributed by atoms with van der Waals surface area (Å²) < 4.78 is 6.39. The Morgan fingerprint density at radius 1 is 1.11 bits per heavy atom. The molecule has 1 aliphatic carbocycles. The maximum absolute atomic E-state index is 10.8. The van der Waals surface area contributed by atoms with E-state index in [-0.39, 0.29) is 23.3 Å². The van der Waals surface area contributed by atoms with Crippen LogP contribution in [0.25, 0.3) is 0 Å². The minimum Gasteiger partial charge on any atom is -0.391 e. The second-order valence-corrected chi connectivity index (χ2v) is 7.20. The first kappa shape index (κ1) is 12.9. The first-order chi connectivity index (χ1) is 8.44. The van der Waals surface area contributed by atoms with Crippen LogP contribution >= 0.6 is 0 Å². The Morgan fingerprint density at radius 3 is 2.33 bits per heavy atom. The van der Waals surface area contributed by atoms with Crippen LogP contribution in [0.3, 0.4) is 0 Å². The third kappa shape index (κ3) is 1.83. The second-order valence-electron chi connectivity index (χ2n) is 7.20. The molecule has 0 amide bonds. The number of hydrogen-bond acceptors (Lipinski definition) is 3. The van der Waals surface area contributed by atoms with E-state index in [1.807, 2.05) is 0 Å².